The molecule has 1 aromatic carbocycles. The highest BCUT2D eigenvalue weighted by molar-refractivity contribution is 5.77. The molecule has 4 nitrogen and oxygen atoms in total. The first-order valence-corrected chi connectivity index (χ1v) is 4.96. The summed E-state index contributed by atoms with van der Waals surface area (Å²) in [5.41, 5.74) is 6.45. The third kappa shape index (κ3) is 3.42. The van der Waals surface area contributed by atoms with Gasteiger partial charge in [0, 0.05) is 13.6 Å². The van der Waals surface area contributed by atoms with Crippen LogP contribution in [-0.2, 0) is 6.42 Å². The first kappa shape index (κ1) is 12.3. The molecule has 0 atom stereocenters. The van der Waals surface area contributed by atoms with Gasteiger partial charge < -0.3 is 15.8 Å². The van der Waals surface area contributed by atoms with Crippen LogP contribution in [0.3, 0.4) is 0 Å². The number of rotatable bonds is 4. The molecule has 3 N–H and O–H groups in total. The van der Waals surface area contributed by atoms with Crippen LogP contribution in [0.15, 0.2) is 23.2 Å². The molecule has 1 aromatic rings. The lowest BCUT2D eigenvalue weighted by atomic mass is 10.1. The molecule has 0 amide bonds. The summed E-state index contributed by atoms with van der Waals surface area (Å²) in [5.74, 6) is 0.303. The molecule has 0 unspecified atom stereocenters. The second kappa shape index (κ2) is 5.95. The first-order chi connectivity index (χ1) is 7.67. The van der Waals surface area contributed by atoms with E-state index < -0.39 is 0 Å². The van der Waals surface area contributed by atoms with Crippen LogP contribution in [-0.4, -0.2) is 26.7 Å². The number of guanidine groups is 1. The minimum atomic E-state index is -0.353. The number of nitrogens with one attached hydrogen (secondary N) is 1. The molecule has 0 aliphatic heterocycles. The standard InChI is InChI=1S/C11H16FN3O/c1-14-11(13)15-6-5-8-3-4-9(12)10(7-8)16-2/h3-4,7H,5-6H2,1-2H3,(H3,13,14,15). The highest BCUT2D eigenvalue weighted by Gasteiger charge is 2.03. The minimum Gasteiger partial charge on any atom is -0.494 e. The van der Waals surface area contributed by atoms with Gasteiger partial charge in [-0.05, 0) is 24.1 Å². The Morgan fingerprint density at radius 2 is 2.31 bits per heavy atom. The Morgan fingerprint density at radius 1 is 1.56 bits per heavy atom. The number of benzene rings is 1. The van der Waals surface area contributed by atoms with Crippen molar-refractivity contribution in [2.24, 2.45) is 10.7 Å². The highest BCUT2D eigenvalue weighted by Crippen LogP contribution is 2.18. The van der Waals surface area contributed by atoms with Gasteiger partial charge in [0.1, 0.15) is 0 Å². The van der Waals surface area contributed by atoms with E-state index in [0.29, 0.717) is 12.5 Å². The summed E-state index contributed by atoms with van der Waals surface area (Å²) in [6.07, 6.45) is 0.729. The SMILES string of the molecule is CN=C(N)NCCc1ccc(F)c(OC)c1. The summed E-state index contributed by atoms with van der Waals surface area (Å²) in [7, 11) is 3.06. The first-order valence-electron chi connectivity index (χ1n) is 4.96. The van der Waals surface area contributed by atoms with E-state index in [1.165, 1.54) is 13.2 Å². The Labute approximate surface area is 94.3 Å². The van der Waals surface area contributed by atoms with Crippen LogP contribution in [0.4, 0.5) is 4.39 Å². The van der Waals surface area contributed by atoms with E-state index in [9.17, 15) is 4.39 Å². The number of nitrogens with zero attached hydrogens (tertiary/aromatic N) is 1. The molecule has 0 aliphatic rings. The molecule has 88 valence electrons. The Hall–Kier alpha value is -1.78. The molecule has 0 saturated carbocycles. The molecule has 0 radical (unpaired) electrons. The normalized spacial score (nSPS) is 11.3. The molecule has 0 spiro atoms. The average Bonchev–Trinajstić information content (AvgIpc) is 2.31. The van der Waals surface area contributed by atoms with Crippen molar-refractivity contribution in [1.82, 2.24) is 5.32 Å². The van der Waals surface area contributed by atoms with Crippen molar-refractivity contribution < 1.29 is 9.13 Å². The maximum atomic E-state index is 13.1. The van der Waals surface area contributed by atoms with Gasteiger partial charge in [-0.25, -0.2) is 4.39 Å². The number of aliphatic imine (C=N–C) groups is 1. The molecule has 0 aliphatic carbocycles. The van der Waals surface area contributed by atoms with Crippen LogP contribution >= 0.6 is 0 Å². The fourth-order valence-corrected chi connectivity index (χ4v) is 1.27. The van der Waals surface area contributed by atoms with Crippen LogP contribution in [0.1, 0.15) is 5.56 Å². The minimum absolute atomic E-state index is 0.259. The van der Waals surface area contributed by atoms with Crippen LogP contribution in [0.5, 0.6) is 5.75 Å². The van der Waals surface area contributed by atoms with E-state index in [0.717, 1.165) is 12.0 Å². The van der Waals surface area contributed by atoms with E-state index in [2.05, 4.69) is 10.3 Å². The summed E-state index contributed by atoms with van der Waals surface area (Å²) in [6.45, 7) is 0.651. The van der Waals surface area contributed by atoms with E-state index >= 15 is 0 Å². The van der Waals surface area contributed by atoms with Gasteiger partial charge in [-0.3, -0.25) is 4.99 Å². The topological polar surface area (TPSA) is 59.6 Å². The molecule has 0 saturated heterocycles. The lowest BCUT2D eigenvalue weighted by Gasteiger charge is -2.07. The number of ether oxygens (including phenoxy) is 1. The van der Waals surface area contributed by atoms with E-state index in [-0.39, 0.29) is 11.6 Å². The second-order valence-electron chi connectivity index (χ2n) is 3.25. The Kier molecular flexibility index (Phi) is 4.57. The van der Waals surface area contributed by atoms with Crippen LogP contribution in [0.25, 0.3) is 0 Å². The molecule has 16 heavy (non-hydrogen) atoms. The van der Waals surface area contributed by atoms with Crippen LogP contribution < -0.4 is 15.8 Å². The smallest absolute Gasteiger partial charge is 0.188 e. The third-order valence-electron chi connectivity index (χ3n) is 2.18. The fraction of sp³-hybridized carbons (Fsp3) is 0.364. The van der Waals surface area contributed by atoms with Gasteiger partial charge in [0.2, 0.25) is 0 Å². The summed E-state index contributed by atoms with van der Waals surface area (Å²) in [5, 5.41) is 2.93. The predicted molar refractivity (Wildman–Crippen MR) is 62.2 cm³/mol. The Balaban J connectivity index is 2.54. The highest BCUT2D eigenvalue weighted by atomic mass is 19.1. The molecule has 0 fully saturated rings. The lowest BCUT2D eigenvalue weighted by Crippen LogP contribution is -2.32. The summed E-state index contributed by atoms with van der Waals surface area (Å²) < 4.78 is 18.0. The van der Waals surface area contributed by atoms with Crippen molar-refractivity contribution >= 4 is 5.96 Å². The second-order valence-corrected chi connectivity index (χ2v) is 3.25. The number of hydrogen-bond acceptors (Lipinski definition) is 2. The fourth-order valence-electron chi connectivity index (χ4n) is 1.27. The Bertz CT molecular complexity index is 379. The maximum Gasteiger partial charge on any atom is 0.188 e. The zero-order chi connectivity index (χ0) is 12.0. The molecule has 1 rings (SSSR count). The van der Waals surface area contributed by atoms with Crippen molar-refractivity contribution in [3.63, 3.8) is 0 Å². The zero-order valence-electron chi connectivity index (χ0n) is 9.46. The summed E-state index contributed by atoms with van der Waals surface area (Å²) >= 11 is 0. The molecular weight excluding hydrogens is 209 g/mol. The number of hydrogen-bond donors (Lipinski definition) is 2. The van der Waals surface area contributed by atoms with Crippen LogP contribution in [0.2, 0.25) is 0 Å². The van der Waals surface area contributed by atoms with Gasteiger partial charge in [0.25, 0.3) is 0 Å². The lowest BCUT2D eigenvalue weighted by molar-refractivity contribution is 0.386. The van der Waals surface area contributed by atoms with Crippen molar-refractivity contribution in [1.29, 1.82) is 0 Å². The number of halogens is 1. The van der Waals surface area contributed by atoms with Crippen molar-refractivity contribution in [3.05, 3.63) is 29.6 Å². The van der Waals surface area contributed by atoms with E-state index in [4.69, 9.17) is 10.5 Å². The quantitative estimate of drug-likeness (QED) is 0.591. The van der Waals surface area contributed by atoms with E-state index in [1.807, 2.05) is 0 Å². The van der Waals surface area contributed by atoms with Gasteiger partial charge in [0.05, 0.1) is 7.11 Å². The molecule has 5 heteroatoms. The van der Waals surface area contributed by atoms with Gasteiger partial charge in [0.15, 0.2) is 17.5 Å². The molecule has 0 aromatic heterocycles. The maximum absolute atomic E-state index is 13.1. The predicted octanol–water partition coefficient (Wildman–Crippen LogP) is 0.911. The molecular formula is C11H16FN3O. The monoisotopic (exact) mass is 225 g/mol. The van der Waals surface area contributed by atoms with Crippen molar-refractivity contribution in [3.8, 4) is 5.75 Å². The third-order valence-corrected chi connectivity index (χ3v) is 2.18. The molecule has 0 heterocycles. The molecule has 0 bridgehead atoms. The van der Waals surface area contributed by atoms with Crippen LogP contribution in [0, 0.1) is 5.82 Å². The number of methoxy groups -OCH3 is 1. The van der Waals surface area contributed by atoms with Gasteiger partial charge in [-0.15, -0.1) is 0 Å². The summed E-state index contributed by atoms with van der Waals surface area (Å²) in [6, 6.07) is 4.79. The van der Waals surface area contributed by atoms with Gasteiger partial charge in [-0.2, -0.15) is 0 Å². The zero-order valence-corrected chi connectivity index (χ0v) is 9.46. The van der Waals surface area contributed by atoms with Gasteiger partial charge in [-0.1, -0.05) is 6.07 Å². The van der Waals surface area contributed by atoms with Gasteiger partial charge >= 0.3 is 0 Å². The van der Waals surface area contributed by atoms with Crippen molar-refractivity contribution in [2.45, 2.75) is 6.42 Å². The largest absolute Gasteiger partial charge is 0.494 e. The Morgan fingerprint density at radius 3 is 2.94 bits per heavy atom. The summed E-state index contributed by atoms with van der Waals surface area (Å²) in [4.78, 5) is 3.77. The average molecular weight is 225 g/mol. The number of nitrogens with two attached hydrogens (primary N) is 1. The van der Waals surface area contributed by atoms with E-state index in [1.54, 1.807) is 19.2 Å². The van der Waals surface area contributed by atoms with Crippen molar-refractivity contribution in [2.75, 3.05) is 20.7 Å².